The number of nitrogens with one attached hydrogen (secondary N) is 1. The van der Waals surface area contributed by atoms with Crippen LogP contribution in [-0.2, 0) is 4.79 Å². The predicted octanol–water partition coefficient (Wildman–Crippen LogP) is 4.80. The molecule has 0 spiro atoms. The molecule has 0 radical (unpaired) electrons. The number of benzene rings is 1. The minimum Gasteiger partial charge on any atom is -0.320 e. The Bertz CT molecular complexity index is 789. The monoisotopic (exact) mass is 437 g/mol. The molecule has 0 atom stereocenters. The summed E-state index contributed by atoms with van der Waals surface area (Å²) in [6, 6.07) is 0.239. The molecule has 158 valence electrons. The summed E-state index contributed by atoms with van der Waals surface area (Å²) in [6.45, 7) is 0. The molecule has 15 heteroatoms. The average molecular weight is 437 g/mol. The molecule has 1 aromatic rings. The van der Waals surface area contributed by atoms with E-state index in [0.29, 0.717) is 5.32 Å². The van der Waals surface area contributed by atoms with Crippen LogP contribution in [0.1, 0.15) is 0 Å². The zero-order valence-electron chi connectivity index (χ0n) is 12.6. The van der Waals surface area contributed by atoms with Gasteiger partial charge < -0.3 is 5.32 Å². The maximum absolute atomic E-state index is 14.4. The first-order valence-corrected chi connectivity index (χ1v) is 6.65. The van der Waals surface area contributed by atoms with Crippen LogP contribution < -0.4 is 5.32 Å². The molecule has 0 heterocycles. The quantitative estimate of drug-likeness (QED) is 0.662. The van der Waals surface area contributed by atoms with Gasteiger partial charge in [-0.25, -0.2) is 13.2 Å². The lowest BCUT2D eigenvalue weighted by Crippen LogP contribution is -2.86. The van der Waals surface area contributed by atoms with E-state index in [-0.39, 0.29) is 18.2 Å². The Morgan fingerprint density at radius 2 is 1.07 bits per heavy atom. The topological polar surface area (TPSA) is 29.1 Å². The molecule has 1 N–H and O–H groups in total. The van der Waals surface area contributed by atoms with Crippen molar-refractivity contribution in [2.24, 2.45) is 0 Å². The second-order valence-corrected chi connectivity index (χ2v) is 5.61. The fourth-order valence-corrected chi connectivity index (χ4v) is 2.31. The standard InChI is InChI=1S/C13H4F13NO/c14-4-1-2-6(5(15)3-4)27-7(28)8(16)9(17,18)11(21,22)13(25,26)12(23,24)10(8,19)20/h1-3H,(H,27,28). The molecule has 1 saturated carbocycles. The Morgan fingerprint density at radius 3 is 1.46 bits per heavy atom. The van der Waals surface area contributed by atoms with Crippen molar-refractivity contribution in [2.45, 2.75) is 35.3 Å². The summed E-state index contributed by atoms with van der Waals surface area (Å²) < 4.78 is 174. The number of amides is 1. The third-order valence-electron chi connectivity index (χ3n) is 3.93. The highest BCUT2D eigenvalue weighted by Gasteiger charge is 3.02. The Hall–Kier alpha value is -2.22. The number of carbonyl (C=O) groups excluding carboxylic acids is 1. The largest absolute Gasteiger partial charge is 0.384 e. The number of hydrogen-bond acceptors (Lipinski definition) is 1. The van der Waals surface area contributed by atoms with Gasteiger partial charge in [0, 0.05) is 6.07 Å². The third-order valence-corrected chi connectivity index (χ3v) is 3.93. The van der Waals surface area contributed by atoms with E-state index >= 15 is 0 Å². The van der Waals surface area contributed by atoms with Gasteiger partial charge in [0.15, 0.2) is 0 Å². The molecule has 1 aliphatic carbocycles. The molecule has 2 rings (SSSR count). The molecule has 2 nitrogen and oxygen atoms in total. The van der Waals surface area contributed by atoms with Gasteiger partial charge in [-0.3, -0.25) is 4.79 Å². The molecule has 1 aromatic carbocycles. The summed E-state index contributed by atoms with van der Waals surface area (Å²) in [5.41, 5.74) is -8.53. The first-order valence-electron chi connectivity index (χ1n) is 6.65. The molecule has 1 amide bonds. The molecule has 28 heavy (non-hydrogen) atoms. The van der Waals surface area contributed by atoms with E-state index in [1.54, 1.807) is 0 Å². The van der Waals surface area contributed by atoms with Crippen molar-refractivity contribution in [1.82, 2.24) is 0 Å². The molecule has 0 saturated heterocycles. The normalized spacial score (nSPS) is 25.8. The van der Waals surface area contributed by atoms with Crippen molar-refractivity contribution in [3.63, 3.8) is 0 Å². The van der Waals surface area contributed by atoms with Crippen LogP contribution in [0.5, 0.6) is 0 Å². The molecular formula is C13H4F13NO. The first kappa shape index (κ1) is 22.1. The summed E-state index contributed by atoms with van der Waals surface area (Å²) in [5.74, 6) is -44.2. The molecule has 0 aliphatic heterocycles. The van der Waals surface area contributed by atoms with Gasteiger partial charge >= 0.3 is 35.3 Å². The van der Waals surface area contributed by atoms with Crippen LogP contribution in [0.25, 0.3) is 0 Å². The van der Waals surface area contributed by atoms with Crippen LogP contribution in [0, 0.1) is 11.6 Å². The minimum absolute atomic E-state index is 0.107. The van der Waals surface area contributed by atoms with Crippen molar-refractivity contribution in [1.29, 1.82) is 0 Å². The molecule has 0 unspecified atom stereocenters. The molecule has 0 bridgehead atoms. The van der Waals surface area contributed by atoms with E-state index in [9.17, 15) is 61.9 Å². The second-order valence-electron chi connectivity index (χ2n) is 5.61. The number of halogens is 13. The Kier molecular flexibility index (Phi) is 4.46. The van der Waals surface area contributed by atoms with Gasteiger partial charge in [-0.2, -0.15) is 43.9 Å². The van der Waals surface area contributed by atoms with E-state index in [1.807, 2.05) is 0 Å². The zero-order valence-corrected chi connectivity index (χ0v) is 12.6. The predicted molar refractivity (Wildman–Crippen MR) is 63.6 cm³/mol. The number of hydrogen-bond donors (Lipinski definition) is 1. The maximum Gasteiger partial charge on any atom is 0.384 e. The van der Waals surface area contributed by atoms with Crippen molar-refractivity contribution < 1.29 is 61.9 Å². The Balaban J connectivity index is 2.69. The maximum atomic E-state index is 14.4. The van der Waals surface area contributed by atoms with Crippen LogP contribution in [-0.4, -0.2) is 41.2 Å². The van der Waals surface area contributed by atoms with Crippen molar-refractivity contribution in [3.8, 4) is 0 Å². The van der Waals surface area contributed by atoms with Gasteiger partial charge in [-0.15, -0.1) is 0 Å². The van der Waals surface area contributed by atoms with Gasteiger partial charge in [0.05, 0.1) is 5.69 Å². The van der Waals surface area contributed by atoms with Gasteiger partial charge in [-0.1, -0.05) is 0 Å². The van der Waals surface area contributed by atoms with Gasteiger partial charge in [0.25, 0.3) is 5.91 Å². The van der Waals surface area contributed by atoms with Crippen molar-refractivity contribution in [3.05, 3.63) is 29.8 Å². The Morgan fingerprint density at radius 1 is 0.679 bits per heavy atom. The third kappa shape index (κ3) is 2.21. The Labute approximate surface area is 145 Å². The molecule has 0 aromatic heterocycles. The highest BCUT2D eigenvalue weighted by Crippen LogP contribution is 2.69. The number of rotatable bonds is 2. The summed E-state index contributed by atoms with van der Waals surface area (Å²) in [4.78, 5) is 11.5. The van der Waals surface area contributed by atoms with E-state index < -0.39 is 58.5 Å². The SMILES string of the molecule is O=C(Nc1ccc(F)cc1F)C1(F)C(F)(F)C(F)(F)C(F)(F)C(F)(F)C1(F)F. The molecular weight excluding hydrogens is 433 g/mol. The van der Waals surface area contributed by atoms with E-state index in [1.165, 1.54) is 0 Å². The summed E-state index contributed by atoms with van der Waals surface area (Å²) >= 11 is 0. The highest BCUT2D eigenvalue weighted by atomic mass is 19.4. The number of alkyl halides is 11. The highest BCUT2D eigenvalue weighted by molar-refractivity contribution is 5.99. The fraction of sp³-hybridized carbons (Fsp3) is 0.462. The van der Waals surface area contributed by atoms with E-state index in [2.05, 4.69) is 0 Å². The van der Waals surface area contributed by atoms with Gasteiger partial charge in [-0.05, 0) is 12.1 Å². The fourth-order valence-electron chi connectivity index (χ4n) is 2.31. The van der Waals surface area contributed by atoms with Crippen molar-refractivity contribution >= 4 is 11.6 Å². The van der Waals surface area contributed by atoms with Gasteiger partial charge in [0.1, 0.15) is 11.6 Å². The average Bonchev–Trinajstić information content (AvgIpc) is 2.54. The zero-order chi connectivity index (χ0) is 22.1. The summed E-state index contributed by atoms with van der Waals surface area (Å²) in [7, 11) is 0. The van der Waals surface area contributed by atoms with Crippen LogP contribution in [0.4, 0.5) is 62.8 Å². The van der Waals surface area contributed by atoms with Crippen LogP contribution in [0.3, 0.4) is 0 Å². The van der Waals surface area contributed by atoms with Crippen LogP contribution in [0.15, 0.2) is 18.2 Å². The van der Waals surface area contributed by atoms with Crippen molar-refractivity contribution in [2.75, 3.05) is 5.32 Å². The number of carbonyl (C=O) groups is 1. The van der Waals surface area contributed by atoms with Crippen LogP contribution in [0.2, 0.25) is 0 Å². The number of anilines is 1. The lowest BCUT2D eigenvalue weighted by molar-refractivity contribution is -0.475. The smallest absolute Gasteiger partial charge is 0.320 e. The molecule has 1 fully saturated rings. The lowest BCUT2D eigenvalue weighted by Gasteiger charge is -2.51. The van der Waals surface area contributed by atoms with Gasteiger partial charge in [0.2, 0.25) is 0 Å². The molecule has 1 aliphatic rings. The van der Waals surface area contributed by atoms with Crippen LogP contribution >= 0.6 is 0 Å². The lowest BCUT2D eigenvalue weighted by atomic mass is 9.71. The first-order chi connectivity index (χ1) is 12.3. The van der Waals surface area contributed by atoms with E-state index in [4.69, 9.17) is 0 Å². The summed E-state index contributed by atoms with van der Waals surface area (Å²) in [5, 5.41) is 0.535. The van der Waals surface area contributed by atoms with E-state index in [0.717, 1.165) is 0 Å². The summed E-state index contributed by atoms with van der Waals surface area (Å²) in [6.07, 6.45) is 0. The second kappa shape index (κ2) is 5.65. The minimum atomic E-state index is -7.48.